The highest BCUT2D eigenvalue weighted by atomic mass is 32.1. The molecule has 0 fully saturated rings. The number of aromatic amines is 1. The van der Waals surface area contributed by atoms with Gasteiger partial charge in [-0.1, -0.05) is 11.3 Å². The van der Waals surface area contributed by atoms with Crippen LogP contribution in [-0.4, -0.2) is 21.3 Å². The SMILES string of the molecule is Cn1cc(CCNCc2csc(=O)[nH]2)cn1. The van der Waals surface area contributed by atoms with Gasteiger partial charge in [-0.25, -0.2) is 0 Å². The predicted molar refractivity (Wildman–Crippen MR) is 63.6 cm³/mol. The number of hydrogen-bond acceptors (Lipinski definition) is 4. The fourth-order valence-corrected chi connectivity index (χ4v) is 2.04. The molecule has 5 nitrogen and oxygen atoms in total. The minimum atomic E-state index is 0.00376. The average molecular weight is 238 g/mol. The number of nitrogens with one attached hydrogen (secondary N) is 2. The summed E-state index contributed by atoms with van der Waals surface area (Å²) in [5.41, 5.74) is 2.16. The summed E-state index contributed by atoms with van der Waals surface area (Å²) in [5, 5.41) is 9.22. The summed E-state index contributed by atoms with van der Waals surface area (Å²) in [6.45, 7) is 1.59. The molecule has 2 aromatic heterocycles. The van der Waals surface area contributed by atoms with E-state index in [4.69, 9.17) is 0 Å². The number of aryl methyl sites for hydroxylation is 1. The molecule has 0 saturated heterocycles. The van der Waals surface area contributed by atoms with Crippen LogP contribution in [0.5, 0.6) is 0 Å². The van der Waals surface area contributed by atoms with Crippen LogP contribution in [0.3, 0.4) is 0 Å². The van der Waals surface area contributed by atoms with E-state index in [0.717, 1.165) is 18.7 Å². The molecule has 2 heterocycles. The van der Waals surface area contributed by atoms with Crippen molar-refractivity contribution in [3.63, 3.8) is 0 Å². The molecule has 86 valence electrons. The lowest BCUT2D eigenvalue weighted by Gasteiger charge is -2.00. The zero-order valence-electron chi connectivity index (χ0n) is 9.06. The summed E-state index contributed by atoms with van der Waals surface area (Å²) in [5.74, 6) is 0. The number of nitrogens with zero attached hydrogens (tertiary/aromatic N) is 2. The van der Waals surface area contributed by atoms with Crippen molar-refractivity contribution in [1.29, 1.82) is 0 Å². The van der Waals surface area contributed by atoms with Crippen molar-refractivity contribution in [2.75, 3.05) is 6.54 Å². The van der Waals surface area contributed by atoms with E-state index >= 15 is 0 Å². The molecule has 0 amide bonds. The largest absolute Gasteiger partial charge is 0.315 e. The standard InChI is InChI=1S/C10H14N4OS/c1-14-6-8(4-12-14)2-3-11-5-9-7-16-10(15)13-9/h4,6-7,11H,2-3,5H2,1H3,(H,13,15). The normalized spacial score (nSPS) is 10.8. The molecule has 0 spiro atoms. The Morgan fingerprint density at radius 1 is 1.62 bits per heavy atom. The Bertz CT molecular complexity index is 499. The van der Waals surface area contributed by atoms with Crippen molar-refractivity contribution >= 4 is 11.3 Å². The molecule has 0 aliphatic heterocycles. The van der Waals surface area contributed by atoms with Gasteiger partial charge >= 0.3 is 4.87 Å². The Balaban J connectivity index is 1.71. The van der Waals surface area contributed by atoms with Crippen molar-refractivity contribution in [2.24, 2.45) is 7.05 Å². The zero-order valence-corrected chi connectivity index (χ0v) is 9.88. The lowest BCUT2D eigenvalue weighted by Crippen LogP contribution is -2.17. The maximum atomic E-state index is 10.9. The van der Waals surface area contributed by atoms with E-state index in [2.05, 4.69) is 15.4 Å². The first-order valence-corrected chi connectivity index (χ1v) is 5.97. The summed E-state index contributed by atoms with van der Waals surface area (Å²) < 4.78 is 1.80. The lowest BCUT2D eigenvalue weighted by molar-refractivity contribution is 0.676. The summed E-state index contributed by atoms with van der Waals surface area (Å²) in [6.07, 6.45) is 4.82. The van der Waals surface area contributed by atoms with Crippen LogP contribution in [-0.2, 0) is 20.0 Å². The van der Waals surface area contributed by atoms with Gasteiger partial charge in [0.05, 0.1) is 6.20 Å². The smallest absolute Gasteiger partial charge is 0.304 e. The fourth-order valence-electron chi connectivity index (χ4n) is 1.46. The molecular weight excluding hydrogens is 224 g/mol. The van der Waals surface area contributed by atoms with Gasteiger partial charge in [0.25, 0.3) is 0 Å². The van der Waals surface area contributed by atoms with Gasteiger partial charge in [-0.2, -0.15) is 5.10 Å². The number of H-pyrrole nitrogens is 1. The first kappa shape index (κ1) is 11.1. The third kappa shape index (κ3) is 3.04. The molecule has 0 radical (unpaired) electrons. The van der Waals surface area contributed by atoms with Gasteiger partial charge in [-0.05, 0) is 18.5 Å². The first-order valence-electron chi connectivity index (χ1n) is 5.09. The second-order valence-electron chi connectivity index (χ2n) is 3.62. The molecule has 0 bridgehead atoms. The van der Waals surface area contributed by atoms with Crippen molar-refractivity contribution in [3.05, 3.63) is 38.7 Å². The van der Waals surface area contributed by atoms with Gasteiger partial charge in [0.2, 0.25) is 0 Å². The van der Waals surface area contributed by atoms with E-state index in [-0.39, 0.29) is 4.87 Å². The average Bonchev–Trinajstić information content (AvgIpc) is 2.83. The van der Waals surface area contributed by atoms with E-state index in [9.17, 15) is 4.79 Å². The predicted octanol–water partition coefficient (Wildman–Crippen LogP) is 0.502. The van der Waals surface area contributed by atoms with Crippen LogP contribution in [0.1, 0.15) is 11.3 Å². The van der Waals surface area contributed by atoms with Crippen LogP contribution >= 0.6 is 11.3 Å². The molecule has 2 rings (SSSR count). The van der Waals surface area contributed by atoms with Crippen LogP contribution in [0.2, 0.25) is 0 Å². The number of aromatic nitrogens is 3. The van der Waals surface area contributed by atoms with Crippen LogP contribution in [0.15, 0.2) is 22.6 Å². The Kier molecular flexibility index (Phi) is 3.53. The first-order chi connectivity index (χ1) is 7.74. The van der Waals surface area contributed by atoms with E-state index in [1.165, 1.54) is 16.9 Å². The van der Waals surface area contributed by atoms with Crippen molar-refractivity contribution in [2.45, 2.75) is 13.0 Å². The Labute approximate surface area is 97.1 Å². The third-order valence-corrected chi connectivity index (χ3v) is 2.95. The zero-order chi connectivity index (χ0) is 11.4. The van der Waals surface area contributed by atoms with Crippen molar-refractivity contribution < 1.29 is 0 Å². The van der Waals surface area contributed by atoms with E-state index in [0.29, 0.717) is 6.54 Å². The van der Waals surface area contributed by atoms with Gasteiger partial charge in [-0.15, -0.1) is 0 Å². The number of rotatable bonds is 5. The highest BCUT2D eigenvalue weighted by Crippen LogP contribution is 1.97. The number of thiazole rings is 1. The molecule has 0 aromatic carbocycles. The van der Waals surface area contributed by atoms with Crippen LogP contribution < -0.4 is 10.2 Å². The van der Waals surface area contributed by atoms with E-state index in [1.54, 1.807) is 4.68 Å². The summed E-state index contributed by atoms with van der Waals surface area (Å²) >= 11 is 1.20. The van der Waals surface area contributed by atoms with Gasteiger partial charge < -0.3 is 10.3 Å². The molecule has 6 heteroatoms. The van der Waals surface area contributed by atoms with Crippen molar-refractivity contribution in [1.82, 2.24) is 20.1 Å². The summed E-state index contributed by atoms with van der Waals surface area (Å²) in [7, 11) is 1.91. The van der Waals surface area contributed by atoms with Crippen LogP contribution in [0.25, 0.3) is 0 Å². The summed E-state index contributed by atoms with van der Waals surface area (Å²) in [4.78, 5) is 13.6. The second kappa shape index (κ2) is 5.09. The molecule has 0 aliphatic rings. The van der Waals surface area contributed by atoms with E-state index < -0.39 is 0 Å². The van der Waals surface area contributed by atoms with Gasteiger partial charge in [0.15, 0.2) is 0 Å². The quantitative estimate of drug-likeness (QED) is 0.746. The molecule has 0 saturated carbocycles. The van der Waals surface area contributed by atoms with Crippen LogP contribution in [0, 0.1) is 0 Å². The highest BCUT2D eigenvalue weighted by Gasteiger charge is 1.97. The molecule has 0 unspecified atom stereocenters. The fraction of sp³-hybridized carbons (Fsp3) is 0.400. The maximum absolute atomic E-state index is 10.9. The van der Waals surface area contributed by atoms with Gasteiger partial charge in [0.1, 0.15) is 0 Å². The molecular formula is C10H14N4OS. The topological polar surface area (TPSA) is 62.7 Å². The molecule has 0 atom stereocenters. The molecule has 16 heavy (non-hydrogen) atoms. The highest BCUT2D eigenvalue weighted by molar-refractivity contribution is 7.07. The monoisotopic (exact) mass is 238 g/mol. The minimum Gasteiger partial charge on any atom is -0.315 e. The van der Waals surface area contributed by atoms with Gasteiger partial charge in [-0.3, -0.25) is 9.48 Å². The molecule has 0 aliphatic carbocycles. The second-order valence-corrected chi connectivity index (χ2v) is 4.46. The van der Waals surface area contributed by atoms with Gasteiger partial charge in [0, 0.05) is 30.9 Å². The third-order valence-electron chi connectivity index (χ3n) is 2.24. The minimum absolute atomic E-state index is 0.00376. The molecule has 2 aromatic rings. The van der Waals surface area contributed by atoms with E-state index in [1.807, 2.05) is 24.8 Å². The maximum Gasteiger partial charge on any atom is 0.304 e. The molecule has 2 N–H and O–H groups in total. The summed E-state index contributed by atoms with van der Waals surface area (Å²) in [6, 6.07) is 0. The Morgan fingerprint density at radius 3 is 3.12 bits per heavy atom. The Hall–Kier alpha value is -1.40. The van der Waals surface area contributed by atoms with Crippen LogP contribution in [0.4, 0.5) is 0 Å². The number of hydrogen-bond donors (Lipinski definition) is 2. The van der Waals surface area contributed by atoms with Crippen molar-refractivity contribution in [3.8, 4) is 0 Å². The lowest BCUT2D eigenvalue weighted by atomic mass is 10.2. The Morgan fingerprint density at radius 2 is 2.50 bits per heavy atom.